The number of aromatic nitrogens is 2. The maximum atomic E-state index is 5.94. The molecular weight excluding hydrogens is 247 g/mol. The SMILES string of the molecule is CC1CCC(Oc2nc(Cl)ncc2Cl)CC1. The Balaban J connectivity index is 2.00. The summed E-state index contributed by atoms with van der Waals surface area (Å²) in [4.78, 5) is 7.77. The molecule has 88 valence electrons. The average molecular weight is 261 g/mol. The molecule has 2 rings (SSSR count). The highest BCUT2D eigenvalue weighted by Gasteiger charge is 2.21. The van der Waals surface area contributed by atoms with E-state index in [1.54, 1.807) is 0 Å². The van der Waals surface area contributed by atoms with Crippen molar-refractivity contribution in [2.75, 3.05) is 0 Å². The Morgan fingerprint density at radius 2 is 1.94 bits per heavy atom. The van der Waals surface area contributed by atoms with Crippen LogP contribution < -0.4 is 4.74 Å². The van der Waals surface area contributed by atoms with E-state index < -0.39 is 0 Å². The van der Waals surface area contributed by atoms with Crippen molar-refractivity contribution >= 4 is 23.2 Å². The summed E-state index contributed by atoms with van der Waals surface area (Å²) in [6, 6.07) is 0. The van der Waals surface area contributed by atoms with Gasteiger partial charge in [0.1, 0.15) is 11.1 Å². The van der Waals surface area contributed by atoms with Crippen molar-refractivity contribution < 1.29 is 4.74 Å². The number of halogens is 2. The van der Waals surface area contributed by atoms with E-state index in [1.165, 1.54) is 19.0 Å². The quantitative estimate of drug-likeness (QED) is 0.760. The van der Waals surface area contributed by atoms with E-state index in [1.807, 2.05) is 0 Å². The minimum atomic E-state index is 0.170. The second-order valence-electron chi connectivity index (χ2n) is 4.29. The normalized spacial score (nSPS) is 25.4. The minimum Gasteiger partial charge on any atom is -0.473 e. The fourth-order valence-corrected chi connectivity index (χ4v) is 2.18. The van der Waals surface area contributed by atoms with Crippen molar-refractivity contribution in [2.24, 2.45) is 5.92 Å². The molecule has 0 amide bonds. The highest BCUT2D eigenvalue weighted by molar-refractivity contribution is 6.32. The Morgan fingerprint density at radius 3 is 2.62 bits per heavy atom. The van der Waals surface area contributed by atoms with Crippen molar-refractivity contribution in [3.05, 3.63) is 16.5 Å². The highest BCUT2D eigenvalue weighted by atomic mass is 35.5. The molecule has 1 aliphatic rings. The minimum absolute atomic E-state index is 0.170. The van der Waals surface area contributed by atoms with E-state index >= 15 is 0 Å². The van der Waals surface area contributed by atoms with Crippen LogP contribution in [0.4, 0.5) is 0 Å². The van der Waals surface area contributed by atoms with Crippen molar-refractivity contribution in [3.63, 3.8) is 0 Å². The largest absolute Gasteiger partial charge is 0.473 e. The van der Waals surface area contributed by atoms with Gasteiger partial charge in [0.2, 0.25) is 11.2 Å². The highest BCUT2D eigenvalue weighted by Crippen LogP contribution is 2.29. The molecule has 0 radical (unpaired) electrons. The van der Waals surface area contributed by atoms with E-state index in [4.69, 9.17) is 27.9 Å². The summed E-state index contributed by atoms with van der Waals surface area (Å²) >= 11 is 11.6. The third kappa shape index (κ3) is 2.98. The summed E-state index contributed by atoms with van der Waals surface area (Å²) in [5.74, 6) is 1.20. The maximum Gasteiger partial charge on any atom is 0.237 e. The van der Waals surface area contributed by atoms with Crippen LogP contribution in [-0.2, 0) is 0 Å². The van der Waals surface area contributed by atoms with Gasteiger partial charge in [-0.2, -0.15) is 4.98 Å². The number of nitrogens with zero attached hydrogens (tertiary/aromatic N) is 2. The monoisotopic (exact) mass is 260 g/mol. The molecule has 0 bridgehead atoms. The fraction of sp³-hybridized carbons (Fsp3) is 0.636. The zero-order valence-corrected chi connectivity index (χ0v) is 10.6. The number of rotatable bonds is 2. The average Bonchev–Trinajstić information content (AvgIpc) is 2.27. The van der Waals surface area contributed by atoms with E-state index in [0.29, 0.717) is 10.9 Å². The third-order valence-electron chi connectivity index (χ3n) is 2.92. The summed E-state index contributed by atoms with van der Waals surface area (Å²) in [5, 5.41) is 0.589. The van der Waals surface area contributed by atoms with Crippen LogP contribution in [-0.4, -0.2) is 16.1 Å². The maximum absolute atomic E-state index is 5.94. The molecule has 1 saturated carbocycles. The molecule has 0 saturated heterocycles. The van der Waals surface area contributed by atoms with Gasteiger partial charge in [0.25, 0.3) is 0 Å². The van der Waals surface area contributed by atoms with E-state index in [9.17, 15) is 0 Å². The lowest BCUT2D eigenvalue weighted by atomic mass is 9.89. The molecule has 3 nitrogen and oxygen atoms in total. The Kier molecular flexibility index (Phi) is 3.87. The predicted octanol–water partition coefficient (Wildman–Crippen LogP) is 3.74. The first kappa shape index (κ1) is 11.9. The summed E-state index contributed by atoms with van der Waals surface area (Å²) in [5.41, 5.74) is 0. The van der Waals surface area contributed by atoms with Crippen LogP contribution in [0.2, 0.25) is 10.3 Å². The molecule has 16 heavy (non-hydrogen) atoms. The molecule has 1 heterocycles. The van der Waals surface area contributed by atoms with Gasteiger partial charge in [0, 0.05) is 0 Å². The van der Waals surface area contributed by atoms with Gasteiger partial charge in [0.15, 0.2) is 0 Å². The van der Waals surface area contributed by atoms with Gasteiger partial charge in [-0.3, -0.25) is 0 Å². The topological polar surface area (TPSA) is 35.0 Å². The second-order valence-corrected chi connectivity index (χ2v) is 5.04. The molecule has 1 aliphatic carbocycles. The molecule has 1 aromatic heterocycles. The predicted molar refractivity (Wildman–Crippen MR) is 64.1 cm³/mol. The smallest absolute Gasteiger partial charge is 0.237 e. The summed E-state index contributed by atoms with van der Waals surface area (Å²) in [6.45, 7) is 2.27. The van der Waals surface area contributed by atoms with Gasteiger partial charge in [0.05, 0.1) is 6.20 Å². The molecular formula is C11H14Cl2N2O. The van der Waals surface area contributed by atoms with Crippen LogP contribution in [0.3, 0.4) is 0 Å². The molecule has 5 heteroatoms. The third-order valence-corrected chi connectivity index (χ3v) is 3.37. The Labute approximate surface area is 105 Å². The molecule has 0 aliphatic heterocycles. The Bertz CT molecular complexity index is 365. The van der Waals surface area contributed by atoms with Gasteiger partial charge >= 0.3 is 0 Å². The number of hydrogen-bond donors (Lipinski definition) is 0. The lowest BCUT2D eigenvalue weighted by Gasteiger charge is -2.26. The Hall–Kier alpha value is -0.540. The van der Waals surface area contributed by atoms with Crippen molar-refractivity contribution in [1.29, 1.82) is 0 Å². The zero-order valence-electron chi connectivity index (χ0n) is 9.12. The van der Waals surface area contributed by atoms with Gasteiger partial charge in [-0.15, -0.1) is 0 Å². The summed E-state index contributed by atoms with van der Waals surface area (Å²) < 4.78 is 5.75. The van der Waals surface area contributed by atoms with Crippen LogP contribution in [0.25, 0.3) is 0 Å². The lowest BCUT2D eigenvalue weighted by molar-refractivity contribution is 0.130. The van der Waals surface area contributed by atoms with Crippen LogP contribution >= 0.6 is 23.2 Å². The molecule has 0 spiro atoms. The van der Waals surface area contributed by atoms with Crippen LogP contribution in [0.1, 0.15) is 32.6 Å². The number of hydrogen-bond acceptors (Lipinski definition) is 3. The summed E-state index contributed by atoms with van der Waals surface area (Å²) in [6.07, 6.45) is 6.18. The Morgan fingerprint density at radius 1 is 1.25 bits per heavy atom. The molecule has 0 unspecified atom stereocenters. The first-order chi connectivity index (χ1) is 7.65. The molecule has 1 fully saturated rings. The lowest BCUT2D eigenvalue weighted by Crippen LogP contribution is -2.23. The summed E-state index contributed by atoms with van der Waals surface area (Å²) in [7, 11) is 0. The van der Waals surface area contributed by atoms with Crippen LogP contribution in [0.5, 0.6) is 5.88 Å². The van der Waals surface area contributed by atoms with Crippen LogP contribution in [0, 0.1) is 5.92 Å². The first-order valence-electron chi connectivity index (χ1n) is 5.50. The van der Waals surface area contributed by atoms with E-state index in [2.05, 4.69) is 16.9 Å². The molecule has 0 N–H and O–H groups in total. The van der Waals surface area contributed by atoms with E-state index in [0.717, 1.165) is 18.8 Å². The van der Waals surface area contributed by atoms with Crippen molar-refractivity contribution in [3.8, 4) is 5.88 Å². The first-order valence-corrected chi connectivity index (χ1v) is 6.25. The van der Waals surface area contributed by atoms with Gasteiger partial charge in [-0.1, -0.05) is 18.5 Å². The van der Waals surface area contributed by atoms with Crippen molar-refractivity contribution in [1.82, 2.24) is 9.97 Å². The van der Waals surface area contributed by atoms with Crippen molar-refractivity contribution in [2.45, 2.75) is 38.7 Å². The standard InChI is InChI=1S/C11H14Cl2N2O/c1-7-2-4-8(5-3-7)16-10-9(12)6-14-11(13)15-10/h6-8H,2-5H2,1H3. The van der Waals surface area contributed by atoms with Gasteiger partial charge < -0.3 is 4.74 Å². The van der Waals surface area contributed by atoms with Gasteiger partial charge in [-0.05, 0) is 43.2 Å². The second kappa shape index (κ2) is 5.19. The number of ether oxygens (including phenoxy) is 1. The van der Waals surface area contributed by atoms with Gasteiger partial charge in [-0.25, -0.2) is 4.98 Å². The zero-order chi connectivity index (χ0) is 11.5. The molecule has 0 atom stereocenters. The van der Waals surface area contributed by atoms with Crippen LogP contribution in [0.15, 0.2) is 6.20 Å². The van der Waals surface area contributed by atoms with E-state index in [-0.39, 0.29) is 11.4 Å². The molecule has 1 aromatic rings. The molecule has 0 aromatic carbocycles. The fourth-order valence-electron chi connectivity index (χ4n) is 1.92.